The molecule has 0 spiro atoms. The quantitative estimate of drug-likeness (QED) is 0.832. The first-order valence-corrected chi connectivity index (χ1v) is 6.85. The van der Waals surface area contributed by atoms with Crippen LogP contribution in [0.15, 0.2) is 24.3 Å². The average Bonchev–Trinajstić information content (AvgIpc) is 3.29. The smallest absolute Gasteiger partial charge is 0.305 e. The highest BCUT2D eigenvalue weighted by atomic mass is 16.4. The molecule has 1 aromatic carbocycles. The molecule has 0 aliphatic heterocycles. The number of rotatable bonds is 6. The van der Waals surface area contributed by atoms with Crippen LogP contribution in [0.5, 0.6) is 0 Å². The molecule has 2 rings (SSSR count). The van der Waals surface area contributed by atoms with Gasteiger partial charge in [0.15, 0.2) is 0 Å². The summed E-state index contributed by atoms with van der Waals surface area (Å²) < 4.78 is 0. The maximum absolute atomic E-state index is 12.1. The van der Waals surface area contributed by atoms with Crippen LogP contribution in [0.1, 0.15) is 29.6 Å². The van der Waals surface area contributed by atoms with E-state index in [0.29, 0.717) is 11.3 Å². The first-order chi connectivity index (χ1) is 9.97. The van der Waals surface area contributed by atoms with E-state index in [0.717, 1.165) is 12.8 Å². The van der Waals surface area contributed by atoms with Crippen molar-refractivity contribution < 1.29 is 19.5 Å². The normalized spacial score (nSPS) is 13.6. The SMILES string of the molecule is CN(CCC(=O)O)C(=O)c1ccc(NC(=O)C2CC2)cc1. The van der Waals surface area contributed by atoms with E-state index in [1.54, 1.807) is 31.3 Å². The molecule has 112 valence electrons. The predicted molar refractivity (Wildman–Crippen MR) is 77.0 cm³/mol. The number of nitrogens with one attached hydrogen (secondary N) is 1. The van der Waals surface area contributed by atoms with Crippen LogP contribution in [-0.4, -0.2) is 41.4 Å². The van der Waals surface area contributed by atoms with Gasteiger partial charge < -0.3 is 15.3 Å². The highest BCUT2D eigenvalue weighted by molar-refractivity contribution is 5.96. The summed E-state index contributed by atoms with van der Waals surface area (Å²) in [5, 5.41) is 11.4. The zero-order chi connectivity index (χ0) is 15.4. The number of amides is 2. The fourth-order valence-electron chi connectivity index (χ4n) is 1.87. The van der Waals surface area contributed by atoms with Gasteiger partial charge in [0.1, 0.15) is 0 Å². The molecule has 0 heterocycles. The van der Waals surface area contributed by atoms with Crippen molar-refractivity contribution in [2.24, 2.45) is 5.92 Å². The zero-order valence-electron chi connectivity index (χ0n) is 11.8. The van der Waals surface area contributed by atoms with Crippen LogP contribution in [0, 0.1) is 5.92 Å². The number of nitrogens with zero attached hydrogens (tertiary/aromatic N) is 1. The lowest BCUT2D eigenvalue weighted by atomic mass is 10.1. The summed E-state index contributed by atoms with van der Waals surface area (Å²) in [4.78, 5) is 35.5. The highest BCUT2D eigenvalue weighted by Crippen LogP contribution is 2.30. The second kappa shape index (κ2) is 6.39. The Labute approximate surface area is 122 Å². The summed E-state index contributed by atoms with van der Waals surface area (Å²) in [6, 6.07) is 6.61. The number of carboxylic acid groups (broad SMARTS) is 1. The Hall–Kier alpha value is -2.37. The molecule has 1 aliphatic carbocycles. The highest BCUT2D eigenvalue weighted by Gasteiger charge is 2.29. The largest absolute Gasteiger partial charge is 0.481 e. The first-order valence-electron chi connectivity index (χ1n) is 6.85. The molecule has 1 aliphatic rings. The van der Waals surface area contributed by atoms with E-state index in [4.69, 9.17) is 5.11 Å². The maximum atomic E-state index is 12.1. The lowest BCUT2D eigenvalue weighted by Gasteiger charge is -2.16. The first kappa shape index (κ1) is 15.0. The lowest BCUT2D eigenvalue weighted by molar-refractivity contribution is -0.137. The maximum Gasteiger partial charge on any atom is 0.305 e. The van der Waals surface area contributed by atoms with Gasteiger partial charge in [-0.1, -0.05) is 0 Å². The van der Waals surface area contributed by atoms with Gasteiger partial charge in [-0.2, -0.15) is 0 Å². The second-order valence-electron chi connectivity index (χ2n) is 5.21. The molecule has 0 atom stereocenters. The molecule has 0 bridgehead atoms. The minimum Gasteiger partial charge on any atom is -0.481 e. The molecule has 1 aromatic rings. The third kappa shape index (κ3) is 4.30. The minimum atomic E-state index is -0.937. The van der Waals surface area contributed by atoms with Gasteiger partial charge in [0.25, 0.3) is 5.91 Å². The van der Waals surface area contributed by atoms with Crippen molar-refractivity contribution in [3.05, 3.63) is 29.8 Å². The molecular formula is C15H18N2O4. The molecule has 1 saturated carbocycles. The molecule has 0 unspecified atom stereocenters. The third-order valence-corrected chi connectivity index (χ3v) is 3.36. The van der Waals surface area contributed by atoms with Crippen LogP contribution < -0.4 is 5.32 Å². The van der Waals surface area contributed by atoms with E-state index in [-0.39, 0.29) is 30.7 Å². The van der Waals surface area contributed by atoms with Crippen LogP contribution in [0.25, 0.3) is 0 Å². The van der Waals surface area contributed by atoms with E-state index in [1.807, 2.05) is 0 Å². The lowest BCUT2D eigenvalue weighted by Crippen LogP contribution is -2.29. The monoisotopic (exact) mass is 290 g/mol. The number of carbonyl (C=O) groups excluding carboxylic acids is 2. The standard InChI is InChI=1S/C15H18N2O4/c1-17(9-8-13(18)19)15(21)11-4-6-12(7-5-11)16-14(20)10-2-3-10/h4-7,10H,2-3,8-9H2,1H3,(H,16,20)(H,18,19). The Morgan fingerprint density at radius 3 is 2.38 bits per heavy atom. The summed E-state index contributed by atoms with van der Waals surface area (Å²) >= 11 is 0. The molecule has 0 saturated heterocycles. The van der Waals surface area contributed by atoms with Crippen molar-refractivity contribution in [1.29, 1.82) is 0 Å². The van der Waals surface area contributed by atoms with E-state index in [1.165, 1.54) is 4.90 Å². The molecule has 2 N–H and O–H groups in total. The number of benzene rings is 1. The van der Waals surface area contributed by atoms with E-state index in [2.05, 4.69) is 5.32 Å². The molecule has 6 nitrogen and oxygen atoms in total. The Bertz CT molecular complexity index is 549. The van der Waals surface area contributed by atoms with E-state index >= 15 is 0 Å². The van der Waals surface area contributed by atoms with Crippen LogP contribution in [-0.2, 0) is 9.59 Å². The number of anilines is 1. The molecule has 6 heteroatoms. The third-order valence-electron chi connectivity index (χ3n) is 3.36. The zero-order valence-corrected chi connectivity index (χ0v) is 11.8. The van der Waals surface area contributed by atoms with Crippen molar-refractivity contribution in [1.82, 2.24) is 4.90 Å². The minimum absolute atomic E-state index is 0.0210. The Morgan fingerprint density at radius 1 is 1.24 bits per heavy atom. The number of aliphatic carboxylic acids is 1. The second-order valence-corrected chi connectivity index (χ2v) is 5.21. The molecule has 0 aromatic heterocycles. The summed E-state index contributed by atoms with van der Waals surface area (Å²) in [7, 11) is 1.56. The molecule has 0 radical (unpaired) electrons. The van der Waals surface area contributed by atoms with Gasteiger partial charge in [0.2, 0.25) is 5.91 Å². The molecule has 21 heavy (non-hydrogen) atoms. The van der Waals surface area contributed by atoms with E-state index < -0.39 is 5.97 Å². The number of carbonyl (C=O) groups is 3. The number of hydrogen-bond acceptors (Lipinski definition) is 3. The Balaban J connectivity index is 1.92. The molecule has 1 fully saturated rings. The summed E-state index contributed by atoms with van der Waals surface area (Å²) in [5.74, 6) is -1.02. The Kier molecular flexibility index (Phi) is 4.57. The van der Waals surface area contributed by atoms with Crippen LogP contribution >= 0.6 is 0 Å². The number of hydrogen-bond donors (Lipinski definition) is 2. The van der Waals surface area contributed by atoms with Crippen molar-refractivity contribution in [2.75, 3.05) is 18.9 Å². The van der Waals surface area contributed by atoms with Crippen molar-refractivity contribution in [3.8, 4) is 0 Å². The van der Waals surface area contributed by atoms with Crippen LogP contribution in [0.2, 0.25) is 0 Å². The van der Waals surface area contributed by atoms with Crippen LogP contribution in [0.4, 0.5) is 5.69 Å². The molecular weight excluding hydrogens is 272 g/mol. The average molecular weight is 290 g/mol. The topological polar surface area (TPSA) is 86.7 Å². The van der Waals surface area contributed by atoms with Gasteiger partial charge in [-0.05, 0) is 37.1 Å². The Morgan fingerprint density at radius 2 is 1.86 bits per heavy atom. The van der Waals surface area contributed by atoms with Gasteiger partial charge in [0, 0.05) is 30.8 Å². The van der Waals surface area contributed by atoms with Crippen molar-refractivity contribution in [3.63, 3.8) is 0 Å². The van der Waals surface area contributed by atoms with Gasteiger partial charge in [-0.3, -0.25) is 14.4 Å². The van der Waals surface area contributed by atoms with Crippen LogP contribution in [0.3, 0.4) is 0 Å². The van der Waals surface area contributed by atoms with Gasteiger partial charge >= 0.3 is 5.97 Å². The fourth-order valence-corrected chi connectivity index (χ4v) is 1.87. The fraction of sp³-hybridized carbons (Fsp3) is 0.400. The van der Waals surface area contributed by atoms with Crippen molar-refractivity contribution >= 4 is 23.5 Å². The van der Waals surface area contributed by atoms with Gasteiger partial charge in [-0.25, -0.2) is 0 Å². The van der Waals surface area contributed by atoms with Gasteiger partial charge in [-0.15, -0.1) is 0 Å². The van der Waals surface area contributed by atoms with Gasteiger partial charge in [0.05, 0.1) is 6.42 Å². The van der Waals surface area contributed by atoms with E-state index in [9.17, 15) is 14.4 Å². The number of carboxylic acids is 1. The summed E-state index contributed by atoms with van der Waals surface area (Å²) in [5.41, 5.74) is 1.13. The predicted octanol–water partition coefficient (Wildman–Crippen LogP) is 1.58. The summed E-state index contributed by atoms with van der Waals surface area (Å²) in [6.45, 7) is 0.161. The molecule has 2 amide bonds. The van der Waals surface area contributed by atoms with Crippen molar-refractivity contribution in [2.45, 2.75) is 19.3 Å². The summed E-state index contributed by atoms with van der Waals surface area (Å²) in [6.07, 6.45) is 1.80.